The summed E-state index contributed by atoms with van der Waals surface area (Å²) in [5.41, 5.74) is 1.61. The van der Waals surface area contributed by atoms with E-state index in [1.807, 2.05) is 31.2 Å². The summed E-state index contributed by atoms with van der Waals surface area (Å²) in [5.74, 6) is -0.0439. The Balaban J connectivity index is 2.03. The molecule has 4 heteroatoms. The van der Waals surface area contributed by atoms with Crippen LogP contribution in [0.3, 0.4) is 0 Å². The van der Waals surface area contributed by atoms with E-state index in [1.54, 1.807) is 12.3 Å². The monoisotopic (exact) mass is 229 g/mol. The van der Waals surface area contributed by atoms with Crippen molar-refractivity contribution in [2.75, 3.05) is 6.54 Å². The number of nitrogens with zero attached hydrogens (tertiary/aromatic N) is 1. The van der Waals surface area contributed by atoms with Crippen molar-refractivity contribution in [3.05, 3.63) is 42.1 Å². The average Bonchev–Trinajstić information content (AvgIpc) is 2.81. The third-order valence-electron chi connectivity index (χ3n) is 2.53. The van der Waals surface area contributed by atoms with Gasteiger partial charge in [0.2, 0.25) is 0 Å². The Morgan fingerprint density at radius 1 is 1.53 bits per heavy atom. The van der Waals surface area contributed by atoms with Gasteiger partial charge in [0.1, 0.15) is 0 Å². The van der Waals surface area contributed by atoms with Gasteiger partial charge in [0.15, 0.2) is 0 Å². The van der Waals surface area contributed by atoms with E-state index in [9.17, 15) is 4.79 Å². The molecule has 17 heavy (non-hydrogen) atoms. The molecule has 0 aliphatic carbocycles. The first kappa shape index (κ1) is 11.4. The summed E-state index contributed by atoms with van der Waals surface area (Å²) in [4.78, 5) is 11.8. The number of carbonyl (C=O) groups is 1. The van der Waals surface area contributed by atoms with Crippen LogP contribution in [0.2, 0.25) is 0 Å². The van der Waals surface area contributed by atoms with E-state index in [-0.39, 0.29) is 5.91 Å². The molecule has 1 aromatic heterocycles. The summed E-state index contributed by atoms with van der Waals surface area (Å²) in [6, 6.07) is 5.50. The van der Waals surface area contributed by atoms with Crippen LogP contribution in [-0.4, -0.2) is 22.6 Å². The molecular formula is C13H15N3O. The Morgan fingerprint density at radius 2 is 2.41 bits per heavy atom. The third kappa shape index (κ3) is 2.72. The molecule has 0 saturated heterocycles. The smallest absolute Gasteiger partial charge is 0.251 e. The van der Waals surface area contributed by atoms with Crippen molar-refractivity contribution < 1.29 is 4.79 Å². The minimum absolute atomic E-state index is 0.0439. The van der Waals surface area contributed by atoms with Crippen LogP contribution in [0.1, 0.15) is 23.7 Å². The molecular weight excluding hydrogens is 214 g/mol. The van der Waals surface area contributed by atoms with Crippen molar-refractivity contribution in [3.8, 4) is 0 Å². The second-order valence-corrected chi connectivity index (χ2v) is 3.79. The molecule has 0 atom stereocenters. The van der Waals surface area contributed by atoms with Gasteiger partial charge in [-0.1, -0.05) is 12.2 Å². The minimum atomic E-state index is -0.0439. The molecule has 1 aromatic carbocycles. The predicted molar refractivity (Wildman–Crippen MR) is 67.9 cm³/mol. The van der Waals surface area contributed by atoms with Crippen molar-refractivity contribution >= 4 is 16.8 Å². The molecule has 4 nitrogen and oxygen atoms in total. The number of amides is 1. The minimum Gasteiger partial charge on any atom is -0.352 e. The summed E-state index contributed by atoms with van der Waals surface area (Å²) in [5, 5.41) is 10.6. The molecule has 1 amide bonds. The quantitative estimate of drug-likeness (QED) is 0.624. The topological polar surface area (TPSA) is 57.8 Å². The van der Waals surface area contributed by atoms with Gasteiger partial charge in [-0.2, -0.15) is 5.10 Å². The molecule has 0 spiro atoms. The van der Waals surface area contributed by atoms with Crippen LogP contribution in [0.15, 0.2) is 36.5 Å². The first-order valence-electron chi connectivity index (χ1n) is 5.64. The predicted octanol–water partition coefficient (Wildman–Crippen LogP) is 2.26. The number of H-pyrrole nitrogens is 1. The molecule has 2 rings (SSSR count). The zero-order chi connectivity index (χ0) is 12.1. The molecule has 0 unspecified atom stereocenters. The van der Waals surface area contributed by atoms with Crippen LogP contribution in [0, 0.1) is 0 Å². The second-order valence-electron chi connectivity index (χ2n) is 3.79. The zero-order valence-electron chi connectivity index (χ0n) is 9.73. The number of carbonyl (C=O) groups excluding carboxylic acids is 1. The van der Waals surface area contributed by atoms with E-state index in [2.05, 4.69) is 15.5 Å². The fourth-order valence-electron chi connectivity index (χ4n) is 1.62. The van der Waals surface area contributed by atoms with Gasteiger partial charge in [-0.05, 0) is 31.5 Å². The van der Waals surface area contributed by atoms with E-state index in [4.69, 9.17) is 0 Å². The molecule has 0 fully saturated rings. The third-order valence-corrected chi connectivity index (χ3v) is 2.53. The highest BCUT2D eigenvalue weighted by Crippen LogP contribution is 2.12. The van der Waals surface area contributed by atoms with Gasteiger partial charge in [-0.3, -0.25) is 9.89 Å². The van der Waals surface area contributed by atoms with Gasteiger partial charge in [0, 0.05) is 17.5 Å². The average molecular weight is 229 g/mol. The second kappa shape index (κ2) is 5.30. The Morgan fingerprint density at radius 3 is 3.24 bits per heavy atom. The number of benzene rings is 1. The van der Waals surface area contributed by atoms with Gasteiger partial charge in [-0.25, -0.2) is 0 Å². The van der Waals surface area contributed by atoms with E-state index in [0.717, 1.165) is 17.3 Å². The van der Waals surface area contributed by atoms with Gasteiger partial charge in [0.05, 0.1) is 11.7 Å². The zero-order valence-corrected chi connectivity index (χ0v) is 9.73. The summed E-state index contributed by atoms with van der Waals surface area (Å²) in [6.45, 7) is 2.63. The van der Waals surface area contributed by atoms with Crippen molar-refractivity contribution in [2.45, 2.75) is 13.3 Å². The number of aromatic amines is 1. The maximum absolute atomic E-state index is 11.8. The van der Waals surface area contributed by atoms with Crippen molar-refractivity contribution in [3.63, 3.8) is 0 Å². The maximum Gasteiger partial charge on any atom is 0.251 e. The first-order valence-corrected chi connectivity index (χ1v) is 5.64. The SMILES string of the molecule is C/C=C/CCNC(=O)c1ccc2[nH]ncc2c1. The van der Waals surface area contributed by atoms with Crippen LogP contribution in [0.5, 0.6) is 0 Å². The number of nitrogens with one attached hydrogen (secondary N) is 2. The molecule has 0 saturated carbocycles. The van der Waals surface area contributed by atoms with Crippen LogP contribution in [0.25, 0.3) is 10.9 Å². The molecule has 2 N–H and O–H groups in total. The van der Waals surface area contributed by atoms with Crippen LogP contribution in [-0.2, 0) is 0 Å². The Labute approximate surface area is 99.7 Å². The Hall–Kier alpha value is -2.10. The van der Waals surface area contributed by atoms with E-state index >= 15 is 0 Å². The number of hydrogen-bond acceptors (Lipinski definition) is 2. The maximum atomic E-state index is 11.8. The van der Waals surface area contributed by atoms with Crippen LogP contribution in [0.4, 0.5) is 0 Å². The fourth-order valence-corrected chi connectivity index (χ4v) is 1.62. The van der Waals surface area contributed by atoms with E-state index in [0.29, 0.717) is 12.1 Å². The van der Waals surface area contributed by atoms with Gasteiger partial charge < -0.3 is 5.32 Å². The summed E-state index contributed by atoms with van der Waals surface area (Å²) in [6.07, 6.45) is 6.57. The van der Waals surface area contributed by atoms with Gasteiger partial charge >= 0.3 is 0 Å². The fraction of sp³-hybridized carbons (Fsp3) is 0.231. The first-order chi connectivity index (χ1) is 8.31. The van der Waals surface area contributed by atoms with Gasteiger partial charge in [-0.15, -0.1) is 0 Å². The molecule has 0 radical (unpaired) electrons. The molecule has 0 aliphatic rings. The number of fused-ring (bicyclic) bond motifs is 1. The van der Waals surface area contributed by atoms with E-state index in [1.165, 1.54) is 0 Å². The summed E-state index contributed by atoms with van der Waals surface area (Å²) in [7, 11) is 0. The van der Waals surface area contributed by atoms with Crippen molar-refractivity contribution in [2.24, 2.45) is 0 Å². The number of hydrogen-bond donors (Lipinski definition) is 2. The lowest BCUT2D eigenvalue weighted by atomic mass is 10.1. The molecule has 2 aromatic rings. The normalized spacial score (nSPS) is 11.1. The standard InChI is InChI=1S/C13H15N3O/c1-2-3-4-7-14-13(17)10-5-6-12-11(8-10)9-15-16-12/h2-3,5-6,8-9H,4,7H2,1H3,(H,14,17)(H,15,16)/b3-2+. The highest BCUT2D eigenvalue weighted by molar-refractivity contribution is 5.97. The van der Waals surface area contributed by atoms with Gasteiger partial charge in [0.25, 0.3) is 5.91 Å². The summed E-state index contributed by atoms with van der Waals surface area (Å²) < 4.78 is 0. The highest BCUT2D eigenvalue weighted by Gasteiger charge is 2.05. The largest absolute Gasteiger partial charge is 0.352 e. The Kier molecular flexibility index (Phi) is 3.55. The van der Waals surface area contributed by atoms with Crippen molar-refractivity contribution in [1.29, 1.82) is 0 Å². The lowest BCUT2D eigenvalue weighted by Gasteiger charge is -2.03. The number of allylic oxidation sites excluding steroid dienone is 1. The van der Waals surface area contributed by atoms with Crippen LogP contribution < -0.4 is 5.32 Å². The number of rotatable bonds is 4. The molecule has 0 aliphatic heterocycles. The van der Waals surface area contributed by atoms with Crippen LogP contribution >= 0.6 is 0 Å². The number of aromatic nitrogens is 2. The Bertz CT molecular complexity index is 542. The lowest BCUT2D eigenvalue weighted by molar-refractivity contribution is 0.0954. The van der Waals surface area contributed by atoms with Crippen molar-refractivity contribution in [1.82, 2.24) is 15.5 Å². The molecule has 88 valence electrons. The highest BCUT2D eigenvalue weighted by atomic mass is 16.1. The molecule has 0 bridgehead atoms. The van der Waals surface area contributed by atoms with E-state index < -0.39 is 0 Å². The lowest BCUT2D eigenvalue weighted by Crippen LogP contribution is -2.23. The molecule has 1 heterocycles. The summed E-state index contributed by atoms with van der Waals surface area (Å²) >= 11 is 0.